The molecule has 29 heavy (non-hydrogen) atoms. The molecule has 0 aliphatic heterocycles. The van der Waals surface area contributed by atoms with Gasteiger partial charge in [0.15, 0.2) is 0 Å². The van der Waals surface area contributed by atoms with Crippen molar-refractivity contribution in [3.63, 3.8) is 0 Å². The molecular weight excluding hydrogens is 366 g/mol. The number of rotatable bonds is 6. The SMILES string of the molecule is CCOc1ccc(C(=O)Nc2ccccc2-c2nc(-c3ccccc3)no2)cc1. The van der Waals surface area contributed by atoms with Crippen LogP contribution in [0.1, 0.15) is 17.3 Å². The highest BCUT2D eigenvalue weighted by molar-refractivity contribution is 6.06. The minimum Gasteiger partial charge on any atom is -0.494 e. The number of hydrogen-bond acceptors (Lipinski definition) is 5. The molecule has 6 heteroatoms. The van der Waals surface area contributed by atoms with Crippen molar-refractivity contribution in [2.24, 2.45) is 0 Å². The summed E-state index contributed by atoms with van der Waals surface area (Å²) in [5.74, 6) is 1.33. The van der Waals surface area contributed by atoms with Crippen molar-refractivity contribution in [2.75, 3.05) is 11.9 Å². The highest BCUT2D eigenvalue weighted by Gasteiger charge is 2.16. The minimum atomic E-state index is -0.233. The summed E-state index contributed by atoms with van der Waals surface area (Å²) >= 11 is 0. The Morgan fingerprint density at radius 2 is 1.69 bits per heavy atom. The fraction of sp³-hybridized carbons (Fsp3) is 0.0870. The Hall–Kier alpha value is -3.93. The van der Waals surface area contributed by atoms with E-state index in [2.05, 4.69) is 15.5 Å². The van der Waals surface area contributed by atoms with E-state index < -0.39 is 0 Å². The molecule has 1 amide bonds. The molecule has 0 radical (unpaired) electrons. The van der Waals surface area contributed by atoms with Crippen molar-refractivity contribution in [2.45, 2.75) is 6.92 Å². The van der Waals surface area contributed by atoms with Gasteiger partial charge in [-0.25, -0.2) is 0 Å². The second-order valence-electron chi connectivity index (χ2n) is 6.25. The van der Waals surface area contributed by atoms with Crippen molar-refractivity contribution in [3.05, 3.63) is 84.4 Å². The quantitative estimate of drug-likeness (QED) is 0.502. The third-order valence-corrected chi connectivity index (χ3v) is 4.29. The van der Waals surface area contributed by atoms with Crippen LogP contribution in [0.4, 0.5) is 5.69 Å². The van der Waals surface area contributed by atoms with E-state index in [-0.39, 0.29) is 5.91 Å². The fourth-order valence-electron chi connectivity index (χ4n) is 2.88. The van der Waals surface area contributed by atoms with Gasteiger partial charge in [-0.05, 0) is 43.3 Å². The third-order valence-electron chi connectivity index (χ3n) is 4.29. The minimum absolute atomic E-state index is 0.233. The number of amides is 1. The second-order valence-corrected chi connectivity index (χ2v) is 6.25. The monoisotopic (exact) mass is 385 g/mol. The summed E-state index contributed by atoms with van der Waals surface area (Å²) in [5.41, 5.74) is 2.63. The van der Waals surface area contributed by atoms with E-state index in [1.165, 1.54) is 0 Å². The summed E-state index contributed by atoms with van der Waals surface area (Å²) in [6.07, 6.45) is 0. The molecule has 144 valence electrons. The maximum Gasteiger partial charge on any atom is 0.260 e. The number of nitrogens with one attached hydrogen (secondary N) is 1. The molecule has 6 nitrogen and oxygen atoms in total. The Morgan fingerprint density at radius 1 is 0.966 bits per heavy atom. The Labute approximate surface area is 168 Å². The Balaban J connectivity index is 1.57. The highest BCUT2D eigenvalue weighted by atomic mass is 16.5. The molecule has 0 aliphatic carbocycles. The molecule has 3 aromatic carbocycles. The zero-order chi connectivity index (χ0) is 20.1. The van der Waals surface area contributed by atoms with Crippen LogP contribution in [0.5, 0.6) is 5.75 Å². The molecule has 0 saturated carbocycles. The number of hydrogen-bond donors (Lipinski definition) is 1. The van der Waals surface area contributed by atoms with Crippen LogP contribution in [0.3, 0.4) is 0 Å². The van der Waals surface area contributed by atoms with Gasteiger partial charge in [-0.15, -0.1) is 0 Å². The molecule has 1 aromatic heterocycles. The average Bonchev–Trinajstić information content (AvgIpc) is 3.26. The Kier molecular flexibility index (Phi) is 5.33. The number of benzene rings is 3. The van der Waals surface area contributed by atoms with Gasteiger partial charge >= 0.3 is 0 Å². The first-order chi connectivity index (χ1) is 14.2. The maximum atomic E-state index is 12.7. The summed E-state index contributed by atoms with van der Waals surface area (Å²) in [6, 6.07) is 23.9. The lowest BCUT2D eigenvalue weighted by atomic mass is 10.1. The van der Waals surface area contributed by atoms with E-state index in [4.69, 9.17) is 9.26 Å². The van der Waals surface area contributed by atoms with Crippen molar-refractivity contribution in [3.8, 4) is 28.6 Å². The van der Waals surface area contributed by atoms with E-state index in [0.717, 1.165) is 11.3 Å². The smallest absolute Gasteiger partial charge is 0.260 e. The standard InChI is InChI=1S/C23H19N3O3/c1-2-28-18-14-12-17(13-15-18)22(27)24-20-11-7-6-10-19(20)23-25-21(26-29-23)16-8-4-3-5-9-16/h3-15H,2H2,1H3,(H,24,27). The van der Waals surface area contributed by atoms with E-state index in [1.807, 2.05) is 55.5 Å². The number of anilines is 1. The van der Waals surface area contributed by atoms with Crippen LogP contribution in [-0.4, -0.2) is 22.7 Å². The van der Waals surface area contributed by atoms with E-state index in [1.54, 1.807) is 30.3 Å². The van der Waals surface area contributed by atoms with Gasteiger partial charge in [0, 0.05) is 11.1 Å². The third kappa shape index (κ3) is 4.16. The number of aromatic nitrogens is 2. The molecule has 0 fully saturated rings. The predicted molar refractivity (Wildman–Crippen MR) is 111 cm³/mol. The molecule has 0 spiro atoms. The summed E-state index contributed by atoms with van der Waals surface area (Å²) in [6.45, 7) is 2.49. The van der Waals surface area contributed by atoms with Crippen molar-refractivity contribution in [1.82, 2.24) is 10.1 Å². The van der Waals surface area contributed by atoms with Crippen LogP contribution in [-0.2, 0) is 0 Å². The molecule has 4 aromatic rings. The van der Waals surface area contributed by atoms with Gasteiger partial charge in [0.05, 0.1) is 17.9 Å². The lowest BCUT2D eigenvalue weighted by Gasteiger charge is -2.09. The van der Waals surface area contributed by atoms with Crippen LogP contribution in [0.25, 0.3) is 22.8 Å². The van der Waals surface area contributed by atoms with Crippen LogP contribution < -0.4 is 10.1 Å². The van der Waals surface area contributed by atoms with Crippen LogP contribution >= 0.6 is 0 Å². The number of ether oxygens (including phenoxy) is 1. The molecule has 0 bridgehead atoms. The first kappa shape index (κ1) is 18.4. The van der Waals surface area contributed by atoms with Gasteiger partial charge in [-0.3, -0.25) is 4.79 Å². The van der Waals surface area contributed by atoms with Crippen LogP contribution in [0, 0.1) is 0 Å². The number of carbonyl (C=O) groups excluding carboxylic acids is 1. The first-order valence-corrected chi connectivity index (χ1v) is 9.27. The Bertz CT molecular complexity index is 1110. The van der Waals surface area contributed by atoms with Crippen LogP contribution in [0.2, 0.25) is 0 Å². The van der Waals surface area contributed by atoms with E-state index in [9.17, 15) is 4.79 Å². The Morgan fingerprint density at radius 3 is 2.45 bits per heavy atom. The number of para-hydroxylation sites is 1. The summed E-state index contributed by atoms with van der Waals surface area (Å²) < 4.78 is 10.9. The summed E-state index contributed by atoms with van der Waals surface area (Å²) in [7, 11) is 0. The molecule has 0 aliphatic rings. The number of nitrogens with zero attached hydrogens (tertiary/aromatic N) is 2. The highest BCUT2D eigenvalue weighted by Crippen LogP contribution is 2.29. The summed E-state index contributed by atoms with van der Waals surface area (Å²) in [5, 5.41) is 6.97. The average molecular weight is 385 g/mol. The lowest BCUT2D eigenvalue weighted by Crippen LogP contribution is -2.12. The molecular formula is C23H19N3O3. The van der Waals surface area contributed by atoms with Gasteiger partial charge in [0.2, 0.25) is 5.82 Å². The molecule has 0 unspecified atom stereocenters. The van der Waals surface area contributed by atoms with E-state index in [0.29, 0.717) is 35.1 Å². The zero-order valence-corrected chi connectivity index (χ0v) is 15.8. The van der Waals surface area contributed by atoms with Gasteiger partial charge in [-0.1, -0.05) is 47.6 Å². The molecule has 1 N–H and O–H groups in total. The first-order valence-electron chi connectivity index (χ1n) is 9.27. The van der Waals surface area contributed by atoms with Crippen molar-refractivity contribution < 1.29 is 14.1 Å². The molecule has 0 atom stereocenters. The molecule has 4 rings (SSSR count). The number of carbonyl (C=O) groups is 1. The predicted octanol–water partition coefficient (Wildman–Crippen LogP) is 5.05. The van der Waals surface area contributed by atoms with Gasteiger partial charge in [-0.2, -0.15) is 4.98 Å². The van der Waals surface area contributed by atoms with Crippen molar-refractivity contribution >= 4 is 11.6 Å². The molecule has 0 saturated heterocycles. The fourth-order valence-corrected chi connectivity index (χ4v) is 2.88. The largest absolute Gasteiger partial charge is 0.494 e. The maximum absolute atomic E-state index is 12.7. The van der Waals surface area contributed by atoms with Crippen LogP contribution in [0.15, 0.2) is 83.4 Å². The summed E-state index contributed by atoms with van der Waals surface area (Å²) in [4.78, 5) is 17.2. The lowest BCUT2D eigenvalue weighted by molar-refractivity contribution is 0.102. The topological polar surface area (TPSA) is 77.2 Å². The zero-order valence-electron chi connectivity index (χ0n) is 15.8. The van der Waals surface area contributed by atoms with Crippen molar-refractivity contribution in [1.29, 1.82) is 0 Å². The van der Waals surface area contributed by atoms with E-state index >= 15 is 0 Å². The normalized spacial score (nSPS) is 10.5. The second kappa shape index (κ2) is 8.39. The van der Waals surface area contributed by atoms with Gasteiger partial charge in [0.25, 0.3) is 11.8 Å². The van der Waals surface area contributed by atoms with Gasteiger partial charge in [0.1, 0.15) is 5.75 Å². The van der Waals surface area contributed by atoms with Gasteiger partial charge < -0.3 is 14.6 Å². The molecule has 1 heterocycles.